The summed E-state index contributed by atoms with van der Waals surface area (Å²) in [7, 11) is 0. The summed E-state index contributed by atoms with van der Waals surface area (Å²) in [6.45, 7) is 2.42. The van der Waals surface area contributed by atoms with Crippen LogP contribution >= 0.6 is 0 Å². The van der Waals surface area contributed by atoms with Gasteiger partial charge < -0.3 is 24.8 Å². The van der Waals surface area contributed by atoms with Crippen molar-refractivity contribution >= 4 is 18.0 Å². The highest BCUT2D eigenvalue weighted by molar-refractivity contribution is 5.87. The quantitative estimate of drug-likeness (QED) is 0.726. The van der Waals surface area contributed by atoms with Crippen LogP contribution in [0.4, 0.5) is 4.79 Å². The van der Waals surface area contributed by atoms with E-state index in [9.17, 15) is 19.5 Å². The number of carboxylic acid groups (broad SMARTS) is 1. The Morgan fingerprint density at radius 2 is 1.70 bits per heavy atom. The molecule has 172 valence electrons. The molecule has 1 aliphatic carbocycles. The Balaban J connectivity index is 1.20. The zero-order chi connectivity index (χ0) is 23.2. The molecule has 2 saturated heterocycles. The van der Waals surface area contributed by atoms with Crippen molar-refractivity contribution < 1.29 is 29.0 Å². The summed E-state index contributed by atoms with van der Waals surface area (Å²) in [5.74, 6) is -1.27. The number of carbonyl (C=O) groups excluding carboxylic acids is 2. The molecule has 8 nitrogen and oxygen atoms in total. The number of rotatable bonds is 5. The number of benzene rings is 2. The molecule has 3 aliphatic rings. The number of hydrogen-bond acceptors (Lipinski definition) is 5. The van der Waals surface area contributed by atoms with Crippen LogP contribution in [0.25, 0.3) is 11.1 Å². The second-order valence-electron chi connectivity index (χ2n) is 9.22. The van der Waals surface area contributed by atoms with Gasteiger partial charge in [0.1, 0.15) is 12.0 Å². The van der Waals surface area contributed by atoms with E-state index in [2.05, 4.69) is 29.6 Å². The lowest BCUT2D eigenvalue weighted by atomic mass is 9.81. The first-order chi connectivity index (χ1) is 15.9. The molecule has 8 heteroatoms. The molecule has 0 radical (unpaired) electrons. The number of carbonyl (C=O) groups is 3. The minimum atomic E-state index is -0.927. The Hall–Kier alpha value is -3.39. The van der Waals surface area contributed by atoms with Crippen LogP contribution in [0.15, 0.2) is 48.5 Å². The lowest BCUT2D eigenvalue weighted by Crippen LogP contribution is -2.64. The zero-order valence-corrected chi connectivity index (χ0v) is 18.3. The van der Waals surface area contributed by atoms with E-state index < -0.39 is 29.6 Å². The molecule has 0 spiro atoms. The van der Waals surface area contributed by atoms with Crippen LogP contribution in [0, 0.1) is 5.41 Å². The molecule has 0 unspecified atom stereocenters. The van der Waals surface area contributed by atoms with Crippen molar-refractivity contribution in [1.29, 1.82) is 0 Å². The van der Waals surface area contributed by atoms with Gasteiger partial charge in [0.2, 0.25) is 0 Å². The summed E-state index contributed by atoms with van der Waals surface area (Å²) in [5, 5.41) is 12.0. The predicted octanol–water partition coefficient (Wildman–Crippen LogP) is 2.62. The number of hydrogen-bond donors (Lipinski definition) is 2. The summed E-state index contributed by atoms with van der Waals surface area (Å²) in [6, 6.07) is 15.7. The third kappa shape index (κ3) is 3.74. The number of aliphatic carboxylic acids is 1. The van der Waals surface area contributed by atoms with Crippen LogP contribution in [0.1, 0.15) is 30.4 Å². The summed E-state index contributed by atoms with van der Waals surface area (Å²) < 4.78 is 11.2. The largest absolute Gasteiger partial charge is 0.481 e. The second kappa shape index (κ2) is 8.19. The van der Waals surface area contributed by atoms with E-state index in [1.807, 2.05) is 24.3 Å². The molecule has 2 heterocycles. The van der Waals surface area contributed by atoms with Gasteiger partial charge in [0.25, 0.3) is 5.91 Å². The average molecular weight is 450 g/mol. The third-order valence-electron chi connectivity index (χ3n) is 6.89. The van der Waals surface area contributed by atoms with Gasteiger partial charge in [-0.1, -0.05) is 48.5 Å². The highest BCUT2D eigenvalue weighted by Crippen LogP contribution is 2.44. The number of carboxylic acids is 1. The standard InChI is InChI=1S/C25H26N2O6/c1-25(23(29)30)13-27(14-25)22(28)21-20(10-11-32-21)26-24(31)33-12-19-17-8-4-2-6-15(17)16-7-3-5-9-18(16)19/h2-9,19-21H,10-14H2,1H3,(H,26,31)(H,29,30)/t20-,21+/m0/s1. The van der Waals surface area contributed by atoms with E-state index in [-0.39, 0.29) is 31.5 Å². The normalized spacial score (nSPS) is 22.8. The van der Waals surface area contributed by atoms with E-state index in [0.717, 1.165) is 22.3 Å². The van der Waals surface area contributed by atoms with E-state index in [1.165, 1.54) is 4.90 Å². The fourth-order valence-corrected chi connectivity index (χ4v) is 5.04. The summed E-state index contributed by atoms with van der Waals surface area (Å²) >= 11 is 0. The molecule has 0 aromatic heterocycles. The molecule has 2 N–H and O–H groups in total. The molecule has 2 amide bonds. The molecular formula is C25H26N2O6. The van der Waals surface area contributed by atoms with Crippen molar-refractivity contribution in [2.24, 2.45) is 5.41 Å². The molecule has 0 bridgehead atoms. The van der Waals surface area contributed by atoms with Crippen molar-refractivity contribution in [3.05, 3.63) is 59.7 Å². The minimum absolute atomic E-state index is 0.0461. The van der Waals surface area contributed by atoms with Crippen LogP contribution in [-0.2, 0) is 19.1 Å². The molecule has 2 aromatic carbocycles. The fraction of sp³-hybridized carbons (Fsp3) is 0.400. The number of alkyl carbamates (subject to hydrolysis) is 1. The molecule has 0 saturated carbocycles. The number of nitrogens with one attached hydrogen (secondary N) is 1. The molecule has 5 rings (SSSR count). The van der Waals surface area contributed by atoms with Gasteiger partial charge in [0.15, 0.2) is 6.10 Å². The van der Waals surface area contributed by atoms with E-state index in [4.69, 9.17) is 9.47 Å². The first-order valence-electron chi connectivity index (χ1n) is 11.1. The van der Waals surface area contributed by atoms with Crippen molar-refractivity contribution in [2.75, 3.05) is 26.3 Å². The van der Waals surface area contributed by atoms with Crippen molar-refractivity contribution in [2.45, 2.75) is 31.4 Å². The Bertz CT molecular complexity index is 1060. The van der Waals surface area contributed by atoms with Crippen LogP contribution < -0.4 is 5.32 Å². The van der Waals surface area contributed by atoms with Gasteiger partial charge in [0.05, 0.1) is 6.04 Å². The van der Waals surface area contributed by atoms with Gasteiger partial charge in [-0.25, -0.2) is 4.79 Å². The number of amides is 2. The summed E-state index contributed by atoms with van der Waals surface area (Å²) in [6.07, 6.45) is -0.932. The van der Waals surface area contributed by atoms with Crippen molar-refractivity contribution in [3.8, 4) is 11.1 Å². The van der Waals surface area contributed by atoms with Gasteiger partial charge in [-0.3, -0.25) is 9.59 Å². The van der Waals surface area contributed by atoms with Crippen LogP contribution in [0.2, 0.25) is 0 Å². The van der Waals surface area contributed by atoms with Crippen LogP contribution in [-0.4, -0.2) is 66.4 Å². The molecular weight excluding hydrogens is 424 g/mol. The maximum atomic E-state index is 12.8. The summed E-state index contributed by atoms with van der Waals surface area (Å²) in [5.41, 5.74) is 3.63. The average Bonchev–Trinajstić information content (AvgIpc) is 3.37. The van der Waals surface area contributed by atoms with Crippen molar-refractivity contribution in [3.63, 3.8) is 0 Å². The van der Waals surface area contributed by atoms with Gasteiger partial charge in [-0.2, -0.15) is 0 Å². The van der Waals surface area contributed by atoms with Gasteiger partial charge in [0, 0.05) is 25.6 Å². The minimum Gasteiger partial charge on any atom is -0.481 e. The summed E-state index contributed by atoms with van der Waals surface area (Å²) in [4.78, 5) is 38.2. The Labute approximate surface area is 191 Å². The van der Waals surface area contributed by atoms with Crippen molar-refractivity contribution in [1.82, 2.24) is 10.2 Å². The number of likely N-dealkylation sites (tertiary alicyclic amines) is 1. The number of ether oxygens (including phenoxy) is 2. The molecule has 33 heavy (non-hydrogen) atoms. The van der Waals surface area contributed by atoms with Gasteiger partial charge in [-0.05, 0) is 35.6 Å². The van der Waals surface area contributed by atoms with Crippen LogP contribution in [0.3, 0.4) is 0 Å². The predicted molar refractivity (Wildman–Crippen MR) is 119 cm³/mol. The second-order valence-corrected chi connectivity index (χ2v) is 9.22. The highest BCUT2D eigenvalue weighted by Gasteiger charge is 2.50. The SMILES string of the molecule is CC1(C(=O)O)CN(C(=O)[C@@H]2OCC[C@@H]2NC(=O)OCC2c3ccccc3-c3ccccc32)C1. The van der Waals surface area contributed by atoms with Crippen LogP contribution in [0.5, 0.6) is 0 Å². The lowest BCUT2D eigenvalue weighted by Gasteiger charge is -2.45. The number of fused-ring (bicyclic) bond motifs is 3. The van der Waals surface area contributed by atoms with Gasteiger partial charge >= 0.3 is 12.1 Å². The Morgan fingerprint density at radius 1 is 1.09 bits per heavy atom. The van der Waals surface area contributed by atoms with E-state index in [1.54, 1.807) is 6.92 Å². The third-order valence-corrected chi connectivity index (χ3v) is 6.89. The molecule has 2 aromatic rings. The lowest BCUT2D eigenvalue weighted by molar-refractivity contribution is -0.168. The Morgan fingerprint density at radius 3 is 2.30 bits per heavy atom. The first kappa shape index (κ1) is 21.5. The number of nitrogens with zero attached hydrogens (tertiary/aromatic N) is 1. The highest BCUT2D eigenvalue weighted by atomic mass is 16.6. The Kier molecular flexibility index (Phi) is 5.32. The zero-order valence-electron chi connectivity index (χ0n) is 18.3. The molecule has 2 fully saturated rings. The van der Waals surface area contributed by atoms with E-state index in [0.29, 0.717) is 13.0 Å². The monoisotopic (exact) mass is 450 g/mol. The smallest absolute Gasteiger partial charge is 0.407 e. The molecule has 2 atom stereocenters. The maximum Gasteiger partial charge on any atom is 0.407 e. The topological polar surface area (TPSA) is 105 Å². The first-order valence-corrected chi connectivity index (χ1v) is 11.1. The fourth-order valence-electron chi connectivity index (χ4n) is 5.04. The molecule has 2 aliphatic heterocycles. The maximum absolute atomic E-state index is 12.8. The van der Waals surface area contributed by atoms with E-state index >= 15 is 0 Å². The van der Waals surface area contributed by atoms with Gasteiger partial charge in [-0.15, -0.1) is 0 Å².